The number of anilines is 2. The molecule has 0 aliphatic carbocycles. The largest absolute Gasteiger partial charge is 0.368 e. The molecule has 7 nitrogen and oxygen atoms in total. The lowest BCUT2D eigenvalue weighted by Crippen LogP contribution is -2.42. The van der Waals surface area contributed by atoms with Crippen molar-refractivity contribution < 1.29 is 4.79 Å². The van der Waals surface area contributed by atoms with E-state index in [9.17, 15) is 4.79 Å². The van der Waals surface area contributed by atoms with Crippen molar-refractivity contribution in [2.75, 3.05) is 24.6 Å². The number of hydrogen-bond donors (Lipinski definition) is 2. The Morgan fingerprint density at radius 3 is 2.41 bits per heavy atom. The molecule has 2 heterocycles. The first-order valence-corrected chi connectivity index (χ1v) is 10.3. The van der Waals surface area contributed by atoms with Crippen molar-refractivity contribution in [1.29, 1.82) is 0 Å². The number of benzene rings is 1. The second-order valence-corrected chi connectivity index (χ2v) is 8.21. The molecule has 1 aromatic carbocycles. The van der Waals surface area contributed by atoms with Crippen LogP contribution in [0.5, 0.6) is 0 Å². The molecule has 144 valence electrons. The number of carbonyl (C=O) groups is 1. The van der Waals surface area contributed by atoms with Crippen LogP contribution < -0.4 is 11.5 Å². The fourth-order valence-electron chi connectivity index (χ4n) is 3.35. The van der Waals surface area contributed by atoms with Crippen molar-refractivity contribution in [1.82, 2.24) is 19.9 Å². The normalized spacial score (nSPS) is 16.3. The van der Waals surface area contributed by atoms with Crippen LogP contribution in [0.1, 0.15) is 31.2 Å². The summed E-state index contributed by atoms with van der Waals surface area (Å²) in [7, 11) is 0. The van der Waals surface area contributed by atoms with E-state index >= 15 is 0 Å². The van der Waals surface area contributed by atoms with E-state index in [0.717, 1.165) is 32.4 Å². The van der Waals surface area contributed by atoms with Crippen LogP contribution in [0.25, 0.3) is 0 Å². The van der Waals surface area contributed by atoms with E-state index in [1.165, 1.54) is 17.3 Å². The maximum Gasteiger partial charge on any atom is 0.235 e. The van der Waals surface area contributed by atoms with Gasteiger partial charge in [0.15, 0.2) is 0 Å². The maximum absolute atomic E-state index is 12.7. The fourth-order valence-corrected chi connectivity index (χ4v) is 4.17. The Kier molecular flexibility index (Phi) is 6.49. The van der Waals surface area contributed by atoms with Gasteiger partial charge in [0, 0.05) is 13.1 Å². The molecule has 8 heteroatoms. The summed E-state index contributed by atoms with van der Waals surface area (Å²) in [5.41, 5.74) is 12.5. The summed E-state index contributed by atoms with van der Waals surface area (Å²) in [6.45, 7) is 3.58. The van der Waals surface area contributed by atoms with Crippen LogP contribution in [0, 0.1) is 5.92 Å². The molecule has 1 aliphatic heterocycles. The van der Waals surface area contributed by atoms with Crippen molar-refractivity contribution in [3.63, 3.8) is 0 Å². The average Bonchev–Trinajstić information content (AvgIpc) is 2.66. The molecule has 0 spiro atoms. The Morgan fingerprint density at radius 2 is 1.78 bits per heavy atom. The number of rotatable bonds is 6. The number of carbonyl (C=O) groups excluding carboxylic acids is 1. The third-order valence-electron chi connectivity index (χ3n) is 4.82. The van der Waals surface area contributed by atoms with Crippen molar-refractivity contribution in [2.45, 2.75) is 37.2 Å². The Labute approximate surface area is 164 Å². The lowest BCUT2D eigenvalue weighted by Gasteiger charge is -2.33. The maximum atomic E-state index is 12.7. The number of hydrogen-bond acceptors (Lipinski definition) is 7. The van der Waals surface area contributed by atoms with Crippen molar-refractivity contribution in [3.05, 3.63) is 41.7 Å². The van der Waals surface area contributed by atoms with E-state index in [2.05, 4.69) is 39.2 Å². The van der Waals surface area contributed by atoms with E-state index in [4.69, 9.17) is 11.5 Å². The molecule has 3 rings (SSSR count). The lowest BCUT2D eigenvalue weighted by molar-refractivity contribution is -0.131. The summed E-state index contributed by atoms with van der Waals surface area (Å²) < 4.78 is 0. The zero-order valence-electron chi connectivity index (χ0n) is 15.5. The highest BCUT2D eigenvalue weighted by Crippen LogP contribution is 2.24. The molecule has 1 atom stereocenters. The third kappa shape index (κ3) is 5.56. The third-order valence-corrected chi connectivity index (χ3v) is 5.95. The molecule has 1 aliphatic rings. The van der Waals surface area contributed by atoms with Gasteiger partial charge in [-0.3, -0.25) is 4.79 Å². The molecule has 0 saturated carbocycles. The smallest absolute Gasteiger partial charge is 0.235 e. The topological polar surface area (TPSA) is 111 Å². The molecule has 27 heavy (non-hydrogen) atoms. The van der Waals surface area contributed by atoms with E-state index in [1.807, 2.05) is 17.9 Å². The number of likely N-dealkylation sites (tertiary alicyclic amines) is 1. The van der Waals surface area contributed by atoms with Gasteiger partial charge in [-0.15, -0.1) is 11.8 Å². The number of nitrogens with two attached hydrogens (primary N) is 2. The molecule has 1 aromatic heterocycles. The lowest BCUT2D eigenvalue weighted by atomic mass is 9.90. The summed E-state index contributed by atoms with van der Waals surface area (Å²) in [4.78, 5) is 26.6. The quantitative estimate of drug-likeness (QED) is 0.782. The Morgan fingerprint density at radius 1 is 1.15 bits per heavy atom. The van der Waals surface area contributed by atoms with Gasteiger partial charge < -0.3 is 16.4 Å². The first kappa shape index (κ1) is 19.4. The van der Waals surface area contributed by atoms with Crippen molar-refractivity contribution in [3.8, 4) is 0 Å². The first-order valence-electron chi connectivity index (χ1n) is 9.21. The number of nitrogens with zero attached hydrogens (tertiary/aromatic N) is 4. The van der Waals surface area contributed by atoms with Gasteiger partial charge in [-0.05, 0) is 37.7 Å². The van der Waals surface area contributed by atoms with Gasteiger partial charge in [-0.2, -0.15) is 15.0 Å². The predicted octanol–water partition coefficient (Wildman–Crippen LogP) is 2.14. The Hall–Kier alpha value is -2.35. The van der Waals surface area contributed by atoms with Gasteiger partial charge in [0.05, 0.1) is 11.0 Å². The van der Waals surface area contributed by atoms with E-state index < -0.39 is 0 Å². The monoisotopic (exact) mass is 386 g/mol. The van der Waals surface area contributed by atoms with Gasteiger partial charge in [-0.25, -0.2) is 0 Å². The summed E-state index contributed by atoms with van der Waals surface area (Å²) in [6, 6.07) is 10.6. The van der Waals surface area contributed by atoms with Gasteiger partial charge in [0.1, 0.15) is 5.82 Å². The molecule has 4 N–H and O–H groups in total. The van der Waals surface area contributed by atoms with Crippen LogP contribution in [0.15, 0.2) is 30.3 Å². The van der Waals surface area contributed by atoms with Crippen LogP contribution in [0.4, 0.5) is 11.9 Å². The van der Waals surface area contributed by atoms with Crippen molar-refractivity contribution >= 4 is 29.6 Å². The molecule has 1 unspecified atom stereocenters. The number of amides is 1. The molecule has 1 amide bonds. The second kappa shape index (κ2) is 9.03. The standard InChI is InChI=1S/C19H26N6OS/c1-13(27-12-16-22-18(20)24-19(21)23-16)17(26)25-9-7-15(8-10-25)11-14-5-3-2-4-6-14/h2-6,13,15H,7-12H2,1H3,(H4,20,21,22,23,24). The van der Waals surface area contributed by atoms with Crippen LogP contribution in [0.3, 0.4) is 0 Å². The zero-order valence-corrected chi connectivity index (χ0v) is 16.4. The average molecular weight is 387 g/mol. The minimum Gasteiger partial charge on any atom is -0.368 e. The molecule has 0 bridgehead atoms. The molecular weight excluding hydrogens is 360 g/mol. The zero-order chi connectivity index (χ0) is 19.2. The SMILES string of the molecule is CC(SCc1nc(N)nc(N)n1)C(=O)N1CCC(Cc2ccccc2)CC1. The number of piperidine rings is 1. The van der Waals surface area contributed by atoms with Crippen LogP contribution in [-0.4, -0.2) is 44.1 Å². The summed E-state index contributed by atoms with van der Waals surface area (Å²) in [6.07, 6.45) is 3.20. The highest BCUT2D eigenvalue weighted by molar-refractivity contribution is 7.99. The van der Waals surface area contributed by atoms with E-state index in [0.29, 0.717) is 17.5 Å². The minimum atomic E-state index is -0.158. The molecule has 2 aromatic rings. The number of aromatic nitrogens is 3. The van der Waals surface area contributed by atoms with E-state index in [-0.39, 0.29) is 23.1 Å². The summed E-state index contributed by atoms with van der Waals surface area (Å²) in [5.74, 6) is 2.03. The molecular formula is C19H26N6OS. The van der Waals surface area contributed by atoms with Gasteiger partial charge in [0.25, 0.3) is 0 Å². The minimum absolute atomic E-state index is 0.109. The highest BCUT2D eigenvalue weighted by atomic mass is 32.2. The fraction of sp³-hybridized carbons (Fsp3) is 0.474. The van der Waals surface area contributed by atoms with Gasteiger partial charge in [0.2, 0.25) is 17.8 Å². The number of thioether (sulfide) groups is 1. The Balaban J connectivity index is 1.45. The number of nitrogen functional groups attached to an aromatic ring is 2. The molecule has 1 fully saturated rings. The van der Waals surface area contributed by atoms with E-state index in [1.54, 1.807) is 0 Å². The highest BCUT2D eigenvalue weighted by Gasteiger charge is 2.26. The molecule has 1 saturated heterocycles. The second-order valence-electron chi connectivity index (χ2n) is 6.88. The molecule has 0 radical (unpaired) electrons. The van der Waals surface area contributed by atoms with Gasteiger partial charge in [-0.1, -0.05) is 30.3 Å². The Bertz CT molecular complexity index is 744. The first-order chi connectivity index (χ1) is 13.0. The van der Waals surface area contributed by atoms with Crippen LogP contribution in [0.2, 0.25) is 0 Å². The summed E-state index contributed by atoms with van der Waals surface area (Å²) in [5, 5.41) is -0.158. The van der Waals surface area contributed by atoms with Gasteiger partial charge >= 0.3 is 0 Å². The summed E-state index contributed by atoms with van der Waals surface area (Å²) >= 11 is 1.50. The van der Waals surface area contributed by atoms with Crippen LogP contribution >= 0.6 is 11.8 Å². The van der Waals surface area contributed by atoms with Crippen LogP contribution in [-0.2, 0) is 17.0 Å². The van der Waals surface area contributed by atoms with Crippen molar-refractivity contribution in [2.24, 2.45) is 5.92 Å². The predicted molar refractivity (Wildman–Crippen MR) is 109 cm³/mol.